The lowest BCUT2D eigenvalue weighted by Crippen LogP contribution is -2.00. The largest absolute Gasteiger partial charge is 0.398 e. The predicted molar refractivity (Wildman–Crippen MR) is 92.7 cm³/mol. The fourth-order valence-electron chi connectivity index (χ4n) is 2.76. The van der Waals surface area contributed by atoms with Crippen LogP contribution in [0.4, 0.5) is 11.4 Å². The minimum atomic E-state index is 0.458. The van der Waals surface area contributed by atoms with Crippen LogP contribution < -0.4 is 11.5 Å². The molecule has 2 aromatic carbocycles. The number of nitrogens with two attached hydrogens (primary N) is 2. The first-order valence-electron chi connectivity index (χ1n) is 7.65. The molecule has 2 nitrogen and oxygen atoms in total. The fourth-order valence-corrected chi connectivity index (χ4v) is 2.76. The lowest BCUT2D eigenvalue weighted by molar-refractivity contribution is 0.867. The highest BCUT2D eigenvalue weighted by Crippen LogP contribution is 2.26. The zero-order valence-electron chi connectivity index (χ0n) is 13.5. The van der Waals surface area contributed by atoms with Crippen LogP contribution in [0, 0.1) is 0 Å². The summed E-state index contributed by atoms with van der Waals surface area (Å²) in [5.74, 6) is 0.917. The second-order valence-corrected chi connectivity index (χ2v) is 6.41. The Balaban J connectivity index is 2.22. The smallest absolute Gasteiger partial charge is 0.0352 e. The van der Waals surface area contributed by atoms with E-state index in [0.717, 1.165) is 17.8 Å². The van der Waals surface area contributed by atoms with E-state index in [9.17, 15) is 0 Å². The molecular weight excluding hydrogens is 256 g/mol. The summed E-state index contributed by atoms with van der Waals surface area (Å²) < 4.78 is 0. The Morgan fingerprint density at radius 3 is 1.38 bits per heavy atom. The van der Waals surface area contributed by atoms with Gasteiger partial charge < -0.3 is 11.5 Å². The summed E-state index contributed by atoms with van der Waals surface area (Å²) >= 11 is 0. The molecule has 0 amide bonds. The first-order valence-corrected chi connectivity index (χ1v) is 7.65. The van der Waals surface area contributed by atoms with Crippen LogP contribution in [-0.4, -0.2) is 0 Å². The van der Waals surface area contributed by atoms with Gasteiger partial charge in [0.05, 0.1) is 0 Å². The molecule has 0 bridgehead atoms. The maximum absolute atomic E-state index is 6.15. The van der Waals surface area contributed by atoms with Crippen molar-refractivity contribution in [2.24, 2.45) is 0 Å². The Bertz CT molecular complexity index is 572. The van der Waals surface area contributed by atoms with Crippen LogP contribution in [0.5, 0.6) is 0 Å². The lowest BCUT2D eigenvalue weighted by atomic mass is 9.95. The maximum Gasteiger partial charge on any atom is 0.0352 e. The standard InChI is InChI=1S/C19H26N2/c1-12(2)16-7-5-14(10-18(16)20)9-15-6-8-17(13(3)4)19(21)11-15/h5-8,10-13H,9,20-21H2,1-4H3. The molecule has 0 aliphatic heterocycles. The van der Waals surface area contributed by atoms with Gasteiger partial charge in [0.15, 0.2) is 0 Å². The Morgan fingerprint density at radius 1 is 0.714 bits per heavy atom. The molecule has 112 valence electrons. The van der Waals surface area contributed by atoms with Crippen molar-refractivity contribution in [2.45, 2.75) is 46.0 Å². The Kier molecular flexibility index (Phi) is 4.56. The number of anilines is 2. The van der Waals surface area contributed by atoms with Gasteiger partial charge in [0, 0.05) is 11.4 Å². The molecule has 2 aromatic rings. The van der Waals surface area contributed by atoms with Crippen molar-refractivity contribution in [3.8, 4) is 0 Å². The predicted octanol–water partition coefficient (Wildman–Crippen LogP) is 4.69. The summed E-state index contributed by atoms with van der Waals surface area (Å²) in [4.78, 5) is 0. The van der Waals surface area contributed by atoms with E-state index in [1.807, 2.05) is 0 Å². The van der Waals surface area contributed by atoms with Crippen LogP contribution in [0.25, 0.3) is 0 Å². The van der Waals surface area contributed by atoms with Crippen LogP contribution in [0.15, 0.2) is 36.4 Å². The van der Waals surface area contributed by atoms with Crippen molar-refractivity contribution in [1.82, 2.24) is 0 Å². The van der Waals surface area contributed by atoms with Gasteiger partial charge in [-0.1, -0.05) is 52.0 Å². The first-order chi connectivity index (χ1) is 9.88. The molecule has 4 N–H and O–H groups in total. The Hall–Kier alpha value is -1.96. The molecule has 21 heavy (non-hydrogen) atoms. The van der Waals surface area contributed by atoms with Crippen LogP contribution in [0.1, 0.15) is 61.8 Å². The van der Waals surface area contributed by atoms with Gasteiger partial charge in [0.25, 0.3) is 0 Å². The highest BCUT2D eigenvalue weighted by atomic mass is 14.6. The average Bonchev–Trinajstić information content (AvgIpc) is 2.37. The molecule has 2 rings (SSSR count). The summed E-state index contributed by atoms with van der Waals surface area (Å²) in [5.41, 5.74) is 18.9. The second kappa shape index (κ2) is 6.21. The van der Waals surface area contributed by atoms with Crippen molar-refractivity contribution < 1.29 is 0 Å². The Morgan fingerprint density at radius 2 is 1.10 bits per heavy atom. The number of benzene rings is 2. The minimum absolute atomic E-state index is 0.458. The molecule has 0 fully saturated rings. The van der Waals surface area contributed by atoms with Crippen LogP contribution in [-0.2, 0) is 6.42 Å². The second-order valence-electron chi connectivity index (χ2n) is 6.41. The number of hydrogen-bond donors (Lipinski definition) is 2. The van der Waals surface area contributed by atoms with Crippen molar-refractivity contribution >= 4 is 11.4 Å². The zero-order chi connectivity index (χ0) is 15.6. The minimum Gasteiger partial charge on any atom is -0.398 e. The van der Waals surface area contributed by atoms with Crippen LogP contribution >= 0.6 is 0 Å². The maximum atomic E-state index is 6.15. The van der Waals surface area contributed by atoms with Gasteiger partial charge in [-0.25, -0.2) is 0 Å². The molecular formula is C19H26N2. The van der Waals surface area contributed by atoms with Gasteiger partial charge >= 0.3 is 0 Å². The normalized spacial score (nSPS) is 11.3. The molecule has 0 spiro atoms. The molecule has 0 heterocycles. The SMILES string of the molecule is CC(C)c1ccc(Cc2ccc(C(C)C)c(N)c2)cc1N. The van der Waals surface area contributed by atoms with Gasteiger partial charge in [0.1, 0.15) is 0 Å². The molecule has 0 saturated carbocycles. The summed E-state index contributed by atoms with van der Waals surface area (Å²) in [5, 5.41) is 0. The van der Waals surface area contributed by atoms with E-state index in [0.29, 0.717) is 11.8 Å². The van der Waals surface area contributed by atoms with Gasteiger partial charge in [0.2, 0.25) is 0 Å². The molecule has 0 aliphatic carbocycles. The quantitative estimate of drug-likeness (QED) is 0.799. The highest BCUT2D eigenvalue weighted by Gasteiger charge is 2.08. The van der Waals surface area contributed by atoms with E-state index in [-0.39, 0.29) is 0 Å². The summed E-state index contributed by atoms with van der Waals surface area (Å²) in [6.45, 7) is 8.65. The third-order valence-corrected chi connectivity index (χ3v) is 3.95. The average molecular weight is 282 g/mol. The lowest BCUT2D eigenvalue weighted by Gasteiger charge is -2.13. The third kappa shape index (κ3) is 3.57. The first kappa shape index (κ1) is 15.4. The molecule has 0 unspecified atom stereocenters. The third-order valence-electron chi connectivity index (χ3n) is 3.95. The van der Waals surface area contributed by atoms with Gasteiger partial charge in [-0.2, -0.15) is 0 Å². The summed E-state index contributed by atoms with van der Waals surface area (Å²) in [6.07, 6.45) is 0.866. The van der Waals surface area contributed by atoms with Gasteiger partial charge in [-0.05, 0) is 52.6 Å². The zero-order valence-corrected chi connectivity index (χ0v) is 13.5. The van der Waals surface area contributed by atoms with E-state index >= 15 is 0 Å². The molecule has 2 heteroatoms. The monoisotopic (exact) mass is 282 g/mol. The number of nitrogen functional groups attached to an aromatic ring is 2. The van der Waals surface area contributed by atoms with E-state index in [4.69, 9.17) is 11.5 Å². The molecule has 0 atom stereocenters. The molecule has 0 aromatic heterocycles. The summed E-state index contributed by atoms with van der Waals surface area (Å²) in [7, 11) is 0. The van der Waals surface area contributed by atoms with Crippen molar-refractivity contribution in [2.75, 3.05) is 11.5 Å². The number of rotatable bonds is 4. The summed E-state index contributed by atoms with van der Waals surface area (Å²) in [6, 6.07) is 12.8. The van der Waals surface area contributed by atoms with Crippen molar-refractivity contribution in [3.05, 3.63) is 58.7 Å². The molecule has 0 saturated heterocycles. The fraction of sp³-hybridized carbons (Fsp3) is 0.368. The van der Waals surface area contributed by atoms with Gasteiger partial charge in [-0.15, -0.1) is 0 Å². The molecule has 0 aliphatic rings. The highest BCUT2D eigenvalue weighted by molar-refractivity contribution is 5.54. The van der Waals surface area contributed by atoms with E-state index < -0.39 is 0 Å². The number of hydrogen-bond acceptors (Lipinski definition) is 2. The topological polar surface area (TPSA) is 52.0 Å². The van der Waals surface area contributed by atoms with Gasteiger partial charge in [-0.3, -0.25) is 0 Å². The van der Waals surface area contributed by atoms with E-state index in [2.05, 4.69) is 64.1 Å². The van der Waals surface area contributed by atoms with Crippen molar-refractivity contribution in [1.29, 1.82) is 0 Å². The Labute approximate surface area is 128 Å². The van der Waals surface area contributed by atoms with E-state index in [1.165, 1.54) is 22.3 Å². The van der Waals surface area contributed by atoms with Crippen LogP contribution in [0.2, 0.25) is 0 Å². The van der Waals surface area contributed by atoms with Crippen LogP contribution in [0.3, 0.4) is 0 Å². The molecule has 0 radical (unpaired) electrons. The van der Waals surface area contributed by atoms with Crippen molar-refractivity contribution in [3.63, 3.8) is 0 Å². The van der Waals surface area contributed by atoms with E-state index in [1.54, 1.807) is 0 Å².